The van der Waals surface area contributed by atoms with Crippen LogP contribution in [0, 0.1) is 13.8 Å². The van der Waals surface area contributed by atoms with E-state index in [9.17, 15) is 0 Å². The quantitative estimate of drug-likeness (QED) is 0.724. The molecule has 1 N–H and O–H groups in total. The summed E-state index contributed by atoms with van der Waals surface area (Å²) in [5, 5.41) is 3.49. The lowest BCUT2D eigenvalue weighted by Gasteiger charge is -2.13. The van der Waals surface area contributed by atoms with Crippen LogP contribution in [0.25, 0.3) is 0 Å². The van der Waals surface area contributed by atoms with Gasteiger partial charge in [-0.3, -0.25) is 0 Å². The molecule has 1 heteroatoms. The molecule has 0 fully saturated rings. The molecule has 1 nitrogen and oxygen atoms in total. The van der Waals surface area contributed by atoms with Crippen LogP contribution >= 0.6 is 0 Å². The molecule has 0 aliphatic rings. The summed E-state index contributed by atoms with van der Waals surface area (Å²) in [4.78, 5) is 0. The first kappa shape index (κ1) is 12.0. The van der Waals surface area contributed by atoms with E-state index < -0.39 is 0 Å². The lowest BCUT2D eigenvalue weighted by molar-refractivity contribution is 0.553. The van der Waals surface area contributed by atoms with Gasteiger partial charge >= 0.3 is 0 Å². The van der Waals surface area contributed by atoms with Gasteiger partial charge in [-0.25, -0.2) is 0 Å². The Bertz CT molecular complexity index is 328. The predicted molar refractivity (Wildman–Crippen MR) is 67.0 cm³/mol. The van der Waals surface area contributed by atoms with E-state index in [2.05, 4.69) is 50.9 Å². The second-order valence-corrected chi connectivity index (χ2v) is 4.24. The smallest absolute Gasteiger partial charge is 0.0210 e. The van der Waals surface area contributed by atoms with Crippen LogP contribution in [-0.4, -0.2) is 6.04 Å². The summed E-state index contributed by atoms with van der Waals surface area (Å²) in [5.74, 6) is 0. The minimum atomic E-state index is 0.503. The zero-order chi connectivity index (χ0) is 11.3. The number of benzene rings is 1. The Balaban J connectivity index is 2.54. The molecular formula is C14H21N. The molecule has 0 aliphatic carbocycles. The largest absolute Gasteiger partial charge is 0.310 e. The van der Waals surface area contributed by atoms with Crippen LogP contribution in [0.15, 0.2) is 30.9 Å². The normalized spacial score (nSPS) is 12.5. The van der Waals surface area contributed by atoms with Gasteiger partial charge in [0.1, 0.15) is 0 Å². The maximum absolute atomic E-state index is 3.74. The molecule has 15 heavy (non-hydrogen) atoms. The van der Waals surface area contributed by atoms with E-state index >= 15 is 0 Å². The monoisotopic (exact) mass is 203 g/mol. The van der Waals surface area contributed by atoms with Gasteiger partial charge in [0.15, 0.2) is 0 Å². The fraction of sp³-hybridized carbons (Fsp3) is 0.429. The van der Waals surface area contributed by atoms with Crippen molar-refractivity contribution >= 4 is 0 Å². The predicted octanol–water partition coefficient (Wildman–Crippen LogP) is 3.36. The molecule has 0 amide bonds. The zero-order valence-electron chi connectivity index (χ0n) is 10.0. The van der Waals surface area contributed by atoms with Crippen molar-refractivity contribution in [2.45, 2.75) is 39.8 Å². The average molecular weight is 203 g/mol. The first-order valence-corrected chi connectivity index (χ1v) is 5.54. The molecule has 1 aromatic rings. The third kappa shape index (κ3) is 3.88. The van der Waals surface area contributed by atoms with E-state index in [0.717, 1.165) is 13.0 Å². The van der Waals surface area contributed by atoms with Crippen molar-refractivity contribution in [1.82, 2.24) is 5.32 Å². The van der Waals surface area contributed by atoms with Crippen LogP contribution in [0.4, 0.5) is 0 Å². The fourth-order valence-corrected chi connectivity index (χ4v) is 1.66. The number of hydrogen-bond acceptors (Lipinski definition) is 1. The van der Waals surface area contributed by atoms with Crippen molar-refractivity contribution < 1.29 is 0 Å². The SMILES string of the molecule is C=CCC(C)NCc1ccc(C)cc1C. The average Bonchev–Trinajstić information content (AvgIpc) is 2.17. The van der Waals surface area contributed by atoms with Crippen LogP contribution in [0.1, 0.15) is 30.0 Å². The maximum atomic E-state index is 3.74. The first-order chi connectivity index (χ1) is 7.13. The Morgan fingerprint density at radius 1 is 1.40 bits per heavy atom. The molecule has 1 unspecified atom stereocenters. The molecule has 1 aromatic carbocycles. The number of hydrogen-bond donors (Lipinski definition) is 1. The van der Waals surface area contributed by atoms with Gasteiger partial charge in [-0.2, -0.15) is 0 Å². The van der Waals surface area contributed by atoms with Crippen molar-refractivity contribution in [3.63, 3.8) is 0 Å². The highest BCUT2D eigenvalue weighted by Crippen LogP contribution is 2.10. The summed E-state index contributed by atoms with van der Waals surface area (Å²) in [5.41, 5.74) is 4.08. The van der Waals surface area contributed by atoms with Crippen molar-refractivity contribution in [1.29, 1.82) is 0 Å². The van der Waals surface area contributed by atoms with Crippen LogP contribution in [0.2, 0.25) is 0 Å². The standard InChI is InChI=1S/C14H21N/c1-5-6-13(4)15-10-14-8-7-11(2)9-12(14)3/h5,7-9,13,15H,1,6,10H2,2-4H3. The second kappa shape index (κ2) is 5.72. The van der Waals surface area contributed by atoms with Crippen LogP contribution < -0.4 is 5.32 Å². The molecular weight excluding hydrogens is 182 g/mol. The number of aryl methyl sites for hydroxylation is 2. The highest BCUT2D eigenvalue weighted by atomic mass is 14.9. The fourth-order valence-electron chi connectivity index (χ4n) is 1.66. The molecule has 0 heterocycles. The zero-order valence-corrected chi connectivity index (χ0v) is 10.0. The summed E-state index contributed by atoms with van der Waals surface area (Å²) in [6, 6.07) is 7.11. The van der Waals surface area contributed by atoms with Crippen molar-refractivity contribution in [2.75, 3.05) is 0 Å². The van der Waals surface area contributed by atoms with E-state index in [-0.39, 0.29) is 0 Å². The van der Waals surface area contributed by atoms with Crippen molar-refractivity contribution in [3.05, 3.63) is 47.5 Å². The Morgan fingerprint density at radius 2 is 2.13 bits per heavy atom. The minimum Gasteiger partial charge on any atom is -0.310 e. The van der Waals surface area contributed by atoms with Gasteiger partial charge in [-0.1, -0.05) is 29.8 Å². The Morgan fingerprint density at radius 3 is 2.73 bits per heavy atom. The van der Waals surface area contributed by atoms with E-state index in [1.54, 1.807) is 0 Å². The minimum absolute atomic E-state index is 0.503. The molecule has 1 rings (SSSR count). The highest BCUT2D eigenvalue weighted by molar-refractivity contribution is 5.30. The third-order valence-corrected chi connectivity index (χ3v) is 2.66. The van der Waals surface area contributed by atoms with E-state index in [1.165, 1.54) is 16.7 Å². The van der Waals surface area contributed by atoms with E-state index in [0.29, 0.717) is 6.04 Å². The third-order valence-electron chi connectivity index (χ3n) is 2.66. The van der Waals surface area contributed by atoms with Crippen molar-refractivity contribution in [2.24, 2.45) is 0 Å². The molecule has 0 aromatic heterocycles. The Labute approximate surface area is 93.2 Å². The lowest BCUT2D eigenvalue weighted by atomic mass is 10.1. The van der Waals surface area contributed by atoms with E-state index in [4.69, 9.17) is 0 Å². The van der Waals surface area contributed by atoms with Crippen LogP contribution in [0.5, 0.6) is 0 Å². The Hall–Kier alpha value is -1.08. The van der Waals surface area contributed by atoms with Crippen molar-refractivity contribution in [3.8, 4) is 0 Å². The second-order valence-electron chi connectivity index (χ2n) is 4.24. The van der Waals surface area contributed by atoms with Gasteiger partial charge in [0.25, 0.3) is 0 Å². The molecule has 82 valence electrons. The Kier molecular flexibility index (Phi) is 4.57. The number of nitrogens with one attached hydrogen (secondary N) is 1. The van der Waals surface area contributed by atoms with Gasteiger partial charge in [0.2, 0.25) is 0 Å². The molecule has 0 saturated heterocycles. The maximum Gasteiger partial charge on any atom is 0.0210 e. The summed E-state index contributed by atoms with van der Waals surface area (Å²) in [7, 11) is 0. The van der Waals surface area contributed by atoms with Gasteiger partial charge < -0.3 is 5.32 Å². The molecule has 0 spiro atoms. The van der Waals surface area contributed by atoms with Gasteiger partial charge in [0.05, 0.1) is 0 Å². The highest BCUT2D eigenvalue weighted by Gasteiger charge is 2.01. The summed E-state index contributed by atoms with van der Waals surface area (Å²) < 4.78 is 0. The van der Waals surface area contributed by atoms with E-state index in [1.807, 2.05) is 6.08 Å². The molecule has 0 saturated carbocycles. The molecule has 0 aliphatic heterocycles. The molecule has 1 atom stereocenters. The summed E-state index contributed by atoms with van der Waals surface area (Å²) in [6.45, 7) is 11.2. The summed E-state index contributed by atoms with van der Waals surface area (Å²) >= 11 is 0. The first-order valence-electron chi connectivity index (χ1n) is 5.54. The topological polar surface area (TPSA) is 12.0 Å². The van der Waals surface area contributed by atoms with Crippen LogP contribution in [-0.2, 0) is 6.54 Å². The van der Waals surface area contributed by atoms with Gasteiger partial charge in [-0.15, -0.1) is 6.58 Å². The molecule has 0 radical (unpaired) electrons. The summed E-state index contributed by atoms with van der Waals surface area (Å²) in [6.07, 6.45) is 2.98. The van der Waals surface area contributed by atoms with Crippen LogP contribution in [0.3, 0.4) is 0 Å². The number of rotatable bonds is 5. The molecule has 0 bridgehead atoms. The van der Waals surface area contributed by atoms with Gasteiger partial charge in [-0.05, 0) is 38.3 Å². The lowest BCUT2D eigenvalue weighted by Crippen LogP contribution is -2.25. The van der Waals surface area contributed by atoms with Gasteiger partial charge in [0, 0.05) is 12.6 Å².